The van der Waals surface area contributed by atoms with E-state index in [0.29, 0.717) is 30.5 Å². The van der Waals surface area contributed by atoms with Crippen LogP contribution in [0.25, 0.3) is 21.7 Å². The number of piperidine rings is 1. The number of nitriles is 1. The Bertz CT molecular complexity index is 1370. The molecule has 3 aromatic rings. The number of H-pyrrole nitrogens is 1. The summed E-state index contributed by atoms with van der Waals surface area (Å²) in [6.45, 7) is 6.46. The van der Waals surface area contributed by atoms with Crippen LogP contribution in [0.4, 0.5) is 0 Å². The minimum absolute atomic E-state index is 0.106. The quantitative estimate of drug-likeness (QED) is 0.531. The molecule has 1 aromatic heterocycles. The van der Waals surface area contributed by atoms with E-state index >= 15 is 0 Å². The first-order chi connectivity index (χ1) is 16.7. The van der Waals surface area contributed by atoms with Crippen molar-refractivity contribution < 1.29 is 9.53 Å². The lowest BCUT2D eigenvalue weighted by Crippen LogP contribution is -2.53. The number of hydrogen-bond donors (Lipinski definition) is 2. The summed E-state index contributed by atoms with van der Waals surface area (Å²) >= 11 is 0. The van der Waals surface area contributed by atoms with Gasteiger partial charge in [-0.3, -0.25) is 14.5 Å². The number of likely N-dealkylation sites (tertiary alicyclic amines) is 1. The van der Waals surface area contributed by atoms with Crippen LogP contribution in [-0.4, -0.2) is 46.2 Å². The highest BCUT2D eigenvalue weighted by molar-refractivity contribution is 6.05. The van der Waals surface area contributed by atoms with E-state index in [4.69, 9.17) is 4.74 Å². The largest absolute Gasteiger partial charge is 0.360 e. The number of benzene rings is 2. The lowest BCUT2D eigenvalue weighted by atomic mass is 9.97. The maximum Gasteiger partial charge on any atom is 0.256 e. The van der Waals surface area contributed by atoms with Gasteiger partial charge in [0, 0.05) is 28.8 Å². The van der Waals surface area contributed by atoms with Crippen LogP contribution >= 0.6 is 0 Å². The van der Waals surface area contributed by atoms with Gasteiger partial charge >= 0.3 is 0 Å². The van der Waals surface area contributed by atoms with Crippen molar-refractivity contribution in [3.63, 3.8) is 0 Å². The number of nitrogens with one attached hydrogen (secondary N) is 2. The molecule has 0 spiro atoms. The van der Waals surface area contributed by atoms with Crippen molar-refractivity contribution in [2.45, 2.75) is 70.2 Å². The maximum absolute atomic E-state index is 13.3. The van der Waals surface area contributed by atoms with E-state index < -0.39 is 6.04 Å². The second-order valence-corrected chi connectivity index (χ2v) is 10.8. The molecule has 35 heavy (non-hydrogen) atoms. The predicted octanol–water partition coefficient (Wildman–Crippen LogP) is 3.86. The monoisotopic (exact) mass is 472 g/mol. The van der Waals surface area contributed by atoms with E-state index in [-0.39, 0.29) is 23.1 Å². The molecule has 5 rings (SSSR count). The normalized spacial score (nSPS) is 23.0. The zero-order chi connectivity index (χ0) is 24.7. The van der Waals surface area contributed by atoms with E-state index in [9.17, 15) is 14.9 Å². The third-order valence-corrected chi connectivity index (χ3v) is 7.34. The van der Waals surface area contributed by atoms with Crippen LogP contribution in [0.15, 0.2) is 47.3 Å². The number of ether oxygens (including phenoxy) is 1. The van der Waals surface area contributed by atoms with Gasteiger partial charge in [0.15, 0.2) is 0 Å². The molecular formula is C28H32N4O3. The molecule has 1 aliphatic heterocycles. The molecule has 7 heteroatoms. The fourth-order valence-electron chi connectivity index (χ4n) is 5.68. The first-order valence-corrected chi connectivity index (χ1v) is 12.4. The van der Waals surface area contributed by atoms with Crippen LogP contribution in [0.1, 0.15) is 45.6 Å². The van der Waals surface area contributed by atoms with E-state index in [2.05, 4.69) is 21.3 Å². The minimum atomic E-state index is -0.677. The van der Waals surface area contributed by atoms with E-state index in [1.54, 1.807) is 0 Å². The number of fused-ring (bicyclic) bond motifs is 5. The molecule has 4 atom stereocenters. The molecule has 2 heterocycles. The molecule has 2 N–H and O–H groups in total. The number of rotatable bonds is 6. The molecule has 1 unspecified atom stereocenters. The van der Waals surface area contributed by atoms with Crippen LogP contribution in [0.5, 0.6) is 0 Å². The molecule has 2 aliphatic rings. The Morgan fingerprint density at radius 3 is 2.77 bits per heavy atom. The van der Waals surface area contributed by atoms with Crippen LogP contribution in [0.3, 0.4) is 0 Å². The summed E-state index contributed by atoms with van der Waals surface area (Å²) < 4.78 is 6.00. The number of aromatic nitrogens is 1. The molecule has 2 aromatic carbocycles. The van der Waals surface area contributed by atoms with Gasteiger partial charge in [-0.1, -0.05) is 30.3 Å². The molecular weight excluding hydrogens is 440 g/mol. The number of carbonyl (C=O) groups excluding carboxylic acids is 1. The van der Waals surface area contributed by atoms with Gasteiger partial charge in [-0.25, -0.2) is 0 Å². The summed E-state index contributed by atoms with van der Waals surface area (Å²) in [6.07, 6.45) is 3.46. The van der Waals surface area contributed by atoms with Crippen LogP contribution in [-0.2, 0) is 16.0 Å². The van der Waals surface area contributed by atoms with Crippen molar-refractivity contribution in [1.82, 2.24) is 15.2 Å². The van der Waals surface area contributed by atoms with Crippen molar-refractivity contribution in [2.75, 3.05) is 6.73 Å². The van der Waals surface area contributed by atoms with Crippen LogP contribution in [0, 0.1) is 17.2 Å². The summed E-state index contributed by atoms with van der Waals surface area (Å²) in [5, 5.41) is 15.2. The molecule has 1 saturated heterocycles. The summed E-state index contributed by atoms with van der Waals surface area (Å²) in [5.41, 5.74) is 1.20. The average molecular weight is 473 g/mol. The van der Waals surface area contributed by atoms with Crippen molar-refractivity contribution in [1.29, 1.82) is 5.26 Å². The van der Waals surface area contributed by atoms with Crippen molar-refractivity contribution in [3.05, 3.63) is 58.4 Å². The Balaban J connectivity index is 1.33. The van der Waals surface area contributed by atoms with Crippen molar-refractivity contribution in [2.24, 2.45) is 5.92 Å². The van der Waals surface area contributed by atoms with Gasteiger partial charge in [0.2, 0.25) is 5.91 Å². The summed E-state index contributed by atoms with van der Waals surface area (Å²) in [4.78, 5) is 31.1. The zero-order valence-electron chi connectivity index (χ0n) is 20.5. The predicted molar refractivity (Wildman–Crippen MR) is 136 cm³/mol. The zero-order valence-corrected chi connectivity index (χ0v) is 20.5. The average Bonchev–Trinajstić information content (AvgIpc) is 3.44. The number of carbonyl (C=O) groups is 1. The van der Waals surface area contributed by atoms with Crippen molar-refractivity contribution in [3.8, 4) is 6.07 Å². The molecule has 1 saturated carbocycles. The Kier molecular flexibility index (Phi) is 6.12. The number of nitrogens with zero attached hydrogens (tertiary/aromatic N) is 2. The highest BCUT2D eigenvalue weighted by atomic mass is 16.5. The molecule has 7 nitrogen and oxygen atoms in total. The molecule has 1 amide bonds. The van der Waals surface area contributed by atoms with Gasteiger partial charge < -0.3 is 15.0 Å². The Morgan fingerprint density at radius 2 is 2.00 bits per heavy atom. The van der Waals surface area contributed by atoms with Crippen molar-refractivity contribution >= 4 is 27.6 Å². The van der Waals surface area contributed by atoms with Gasteiger partial charge in [-0.15, -0.1) is 0 Å². The van der Waals surface area contributed by atoms with E-state index in [0.717, 1.165) is 41.1 Å². The summed E-state index contributed by atoms with van der Waals surface area (Å²) in [5.74, 6) is 0.196. The second-order valence-electron chi connectivity index (χ2n) is 10.8. The Hall–Kier alpha value is -3.21. The lowest BCUT2D eigenvalue weighted by molar-refractivity contribution is -0.136. The lowest BCUT2D eigenvalue weighted by Gasteiger charge is -2.36. The summed E-state index contributed by atoms with van der Waals surface area (Å²) in [7, 11) is 0. The van der Waals surface area contributed by atoms with Gasteiger partial charge in [0.05, 0.1) is 17.7 Å². The Morgan fingerprint density at radius 1 is 1.20 bits per heavy atom. The Labute approximate surface area is 205 Å². The van der Waals surface area contributed by atoms with Gasteiger partial charge in [-0.2, -0.15) is 5.26 Å². The fourth-order valence-corrected chi connectivity index (χ4v) is 5.68. The molecule has 182 valence electrons. The SMILES string of the molecule is CC(C)(C)OCN1[C@@H]2CC[C@@H](C2)[C@H]1C(=O)NC(C#N)Cc1ccc2c(c1)c(=O)[nH]c1ccccc12. The van der Waals surface area contributed by atoms with Crippen LogP contribution in [0.2, 0.25) is 0 Å². The number of para-hydroxylation sites is 1. The smallest absolute Gasteiger partial charge is 0.256 e. The first-order valence-electron chi connectivity index (χ1n) is 12.4. The van der Waals surface area contributed by atoms with E-state index in [1.165, 1.54) is 0 Å². The summed E-state index contributed by atoms with van der Waals surface area (Å²) in [6, 6.07) is 15.1. The second kappa shape index (κ2) is 9.10. The fraction of sp³-hybridized carbons (Fsp3) is 0.464. The number of amides is 1. The van der Waals surface area contributed by atoms with Gasteiger partial charge in [-0.05, 0) is 69.0 Å². The van der Waals surface area contributed by atoms with E-state index in [1.807, 2.05) is 63.2 Å². The first kappa shape index (κ1) is 23.5. The number of hydrogen-bond acceptors (Lipinski definition) is 5. The minimum Gasteiger partial charge on any atom is -0.360 e. The standard InChI is InChI=1S/C28H32N4O3/c1-28(2,3)35-16-32-20-10-9-18(14-20)25(32)27(34)30-19(15-29)12-17-8-11-21-22-6-4-5-7-24(22)31-26(33)23(21)13-17/h4-8,11,13,18-20,25H,9-10,12,14,16H2,1-3H3,(H,30,34)(H,31,33)/t18-,19?,20+,25-/m0/s1. The molecule has 2 fully saturated rings. The number of aromatic amines is 1. The molecule has 0 radical (unpaired) electrons. The van der Waals surface area contributed by atoms with Gasteiger partial charge in [0.25, 0.3) is 5.56 Å². The maximum atomic E-state index is 13.3. The molecule has 1 aliphatic carbocycles. The highest BCUT2D eigenvalue weighted by Crippen LogP contribution is 2.42. The molecule has 2 bridgehead atoms. The third kappa shape index (κ3) is 4.69. The number of pyridine rings is 1. The van der Waals surface area contributed by atoms with Gasteiger partial charge in [0.1, 0.15) is 12.8 Å². The van der Waals surface area contributed by atoms with Crippen LogP contribution < -0.4 is 10.9 Å². The topological polar surface area (TPSA) is 98.2 Å². The third-order valence-electron chi connectivity index (χ3n) is 7.34. The highest BCUT2D eigenvalue weighted by Gasteiger charge is 2.49.